The van der Waals surface area contributed by atoms with Gasteiger partial charge in [0.05, 0.1) is 5.75 Å². The normalized spacial score (nSPS) is 11.5. The summed E-state index contributed by atoms with van der Waals surface area (Å²) < 4.78 is 37.2. The van der Waals surface area contributed by atoms with Crippen LogP contribution in [0.25, 0.3) is 0 Å². The number of rotatable bonds is 5. The van der Waals surface area contributed by atoms with Gasteiger partial charge in [0.25, 0.3) is 0 Å². The van der Waals surface area contributed by atoms with Crippen LogP contribution in [0.2, 0.25) is 0 Å². The van der Waals surface area contributed by atoms with Crippen molar-refractivity contribution >= 4 is 17.7 Å². The molecule has 1 aromatic rings. The number of hydrogen-bond acceptors (Lipinski definition) is 3. The summed E-state index contributed by atoms with van der Waals surface area (Å²) in [7, 11) is 0. The molecular weight excluding hydrogens is 255 g/mol. The lowest BCUT2D eigenvalue weighted by molar-refractivity contribution is -0.136. The van der Waals surface area contributed by atoms with Gasteiger partial charge in [0.15, 0.2) is 5.16 Å². The Morgan fingerprint density at radius 1 is 1.59 bits per heavy atom. The number of aromatic nitrogens is 2. The molecular formula is C9H12F3N3OS. The van der Waals surface area contributed by atoms with Crippen molar-refractivity contribution in [3.8, 4) is 0 Å². The summed E-state index contributed by atoms with van der Waals surface area (Å²) in [5.41, 5.74) is 0. The fraction of sp³-hybridized carbons (Fsp3) is 0.556. The number of hydrogen-bond donors (Lipinski definition) is 1. The number of nitrogens with one attached hydrogen (secondary N) is 1. The molecule has 0 aromatic carbocycles. The van der Waals surface area contributed by atoms with Gasteiger partial charge in [0.2, 0.25) is 5.91 Å². The highest BCUT2D eigenvalue weighted by Crippen LogP contribution is 2.16. The van der Waals surface area contributed by atoms with E-state index in [9.17, 15) is 18.0 Å². The molecule has 4 nitrogen and oxygen atoms in total. The Kier molecular flexibility index (Phi) is 4.86. The number of thioether (sulfide) groups is 1. The maximum absolute atomic E-state index is 11.8. The molecule has 1 N–H and O–H groups in total. The summed E-state index contributed by atoms with van der Waals surface area (Å²) in [4.78, 5) is 15.1. The third-order valence-corrected chi connectivity index (χ3v) is 2.84. The maximum atomic E-state index is 11.8. The van der Waals surface area contributed by atoms with Gasteiger partial charge in [-0.2, -0.15) is 13.2 Å². The average molecular weight is 267 g/mol. The molecule has 0 saturated heterocycles. The maximum Gasteiger partial charge on any atom is 0.405 e. The first-order chi connectivity index (χ1) is 7.92. The van der Waals surface area contributed by atoms with Gasteiger partial charge < -0.3 is 9.88 Å². The topological polar surface area (TPSA) is 46.9 Å². The van der Waals surface area contributed by atoms with E-state index in [0.29, 0.717) is 11.7 Å². The average Bonchev–Trinajstić information content (AvgIpc) is 2.69. The second kappa shape index (κ2) is 5.95. The Bertz CT molecular complexity index is 378. The summed E-state index contributed by atoms with van der Waals surface area (Å²) in [6, 6.07) is 0. The fourth-order valence-corrected chi connectivity index (χ4v) is 1.91. The number of amides is 1. The first-order valence-corrected chi connectivity index (χ1v) is 5.88. The Hall–Kier alpha value is -1.18. The number of aryl methyl sites for hydroxylation is 1. The number of carbonyl (C=O) groups is 1. The smallest absolute Gasteiger partial charge is 0.346 e. The molecule has 1 amide bonds. The number of imidazole rings is 1. The van der Waals surface area contributed by atoms with E-state index in [0.717, 1.165) is 11.8 Å². The Morgan fingerprint density at radius 2 is 2.29 bits per heavy atom. The van der Waals surface area contributed by atoms with Crippen LogP contribution in [0.4, 0.5) is 13.2 Å². The molecule has 0 atom stereocenters. The summed E-state index contributed by atoms with van der Waals surface area (Å²) in [6.45, 7) is 1.32. The molecule has 0 unspecified atom stereocenters. The molecule has 1 rings (SSSR count). The van der Waals surface area contributed by atoms with Crippen molar-refractivity contribution in [1.29, 1.82) is 0 Å². The second-order valence-electron chi connectivity index (χ2n) is 3.18. The van der Waals surface area contributed by atoms with Crippen molar-refractivity contribution in [3.63, 3.8) is 0 Å². The van der Waals surface area contributed by atoms with Gasteiger partial charge in [-0.1, -0.05) is 11.8 Å². The van der Waals surface area contributed by atoms with Crippen LogP contribution < -0.4 is 5.32 Å². The van der Waals surface area contributed by atoms with Crippen molar-refractivity contribution in [2.45, 2.75) is 24.8 Å². The molecule has 0 aliphatic carbocycles. The standard InChI is InChI=1S/C9H12F3N3OS/c1-2-15-4-3-13-8(15)17-5-7(16)14-6-9(10,11)12/h3-4H,2,5-6H2,1H3,(H,14,16). The second-order valence-corrected chi connectivity index (χ2v) is 4.12. The van der Waals surface area contributed by atoms with Gasteiger partial charge in [-0.05, 0) is 6.92 Å². The van der Waals surface area contributed by atoms with Gasteiger partial charge in [-0.3, -0.25) is 4.79 Å². The lowest BCUT2D eigenvalue weighted by atomic mass is 10.6. The third kappa shape index (κ3) is 5.12. The fourth-order valence-electron chi connectivity index (χ4n) is 1.06. The van der Waals surface area contributed by atoms with Gasteiger partial charge >= 0.3 is 6.18 Å². The van der Waals surface area contributed by atoms with Crippen LogP contribution in [0.5, 0.6) is 0 Å². The minimum absolute atomic E-state index is 0.0763. The molecule has 0 aliphatic rings. The van der Waals surface area contributed by atoms with E-state index in [4.69, 9.17) is 0 Å². The largest absolute Gasteiger partial charge is 0.405 e. The van der Waals surface area contributed by atoms with Crippen LogP contribution >= 0.6 is 11.8 Å². The summed E-state index contributed by atoms with van der Waals surface area (Å²) in [6.07, 6.45) is -1.04. The van der Waals surface area contributed by atoms with Gasteiger partial charge in [0.1, 0.15) is 6.54 Å². The number of halogens is 3. The van der Waals surface area contributed by atoms with E-state index in [1.165, 1.54) is 0 Å². The van der Waals surface area contributed by atoms with E-state index in [1.54, 1.807) is 17.7 Å². The minimum atomic E-state index is -4.37. The van der Waals surface area contributed by atoms with Crippen LogP contribution in [-0.4, -0.2) is 33.9 Å². The van der Waals surface area contributed by atoms with Crippen LogP contribution in [-0.2, 0) is 11.3 Å². The highest BCUT2D eigenvalue weighted by molar-refractivity contribution is 7.99. The lowest BCUT2D eigenvalue weighted by Crippen LogP contribution is -2.34. The SMILES string of the molecule is CCn1ccnc1SCC(=O)NCC(F)(F)F. The van der Waals surface area contributed by atoms with Gasteiger partial charge in [-0.15, -0.1) is 0 Å². The Balaban J connectivity index is 2.33. The molecule has 0 aliphatic heterocycles. The molecule has 0 fully saturated rings. The number of nitrogens with zero attached hydrogens (tertiary/aromatic N) is 2. The van der Waals surface area contributed by atoms with Crippen molar-refractivity contribution in [2.24, 2.45) is 0 Å². The molecule has 96 valence electrons. The number of alkyl halides is 3. The molecule has 0 radical (unpaired) electrons. The zero-order chi connectivity index (χ0) is 12.9. The quantitative estimate of drug-likeness (QED) is 0.826. The van der Waals surface area contributed by atoms with Crippen LogP contribution in [0, 0.1) is 0 Å². The zero-order valence-corrected chi connectivity index (χ0v) is 9.94. The van der Waals surface area contributed by atoms with Crippen LogP contribution in [0.3, 0.4) is 0 Å². The van der Waals surface area contributed by atoms with Crippen LogP contribution in [0.1, 0.15) is 6.92 Å². The molecule has 0 saturated carbocycles. The monoisotopic (exact) mass is 267 g/mol. The van der Waals surface area contributed by atoms with E-state index in [1.807, 2.05) is 11.5 Å². The van der Waals surface area contributed by atoms with Crippen molar-refractivity contribution in [2.75, 3.05) is 12.3 Å². The molecule has 8 heteroatoms. The predicted octanol–water partition coefficient (Wildman–Crippen LogP) is 1.67. The summed E-state index contributed by atoms with van der Waals surface area (Å²) >= 11 is 1.11. The van der Waals surface area contributed by atoms with Crippen molar-refractivity contribution in [3.05, 3.63) is 12.4 Å². The Labute approximate surface area is 101 Å². The molecule has 1 heterocycles. The third-order valence-electron chi connectivity index (χ3n) is 1.84. The lowest BCUT2D eigenvalue weighted by Gasteiger charge is -2.08. The van der Waals surface area contributed by atoms with Gasteiger partial charge in [0, 0.05) is 18.9 Å². The molecule has 1 aromatic heterocycles. The van der Waals surface area contributed by atoms with E-state index in [-0.39, 0.29) is 5.75 Å². The highest BCUT2D eigenvalue weighted by atomic mass is 32.2. The van der Waals surface area contributed by atoms with Crippen LogP contribution in [0.15, 0.2) is 17.6 Å². The first kappa shape index (κ1) is 13.9. The zero-order valence-electron chi connectivity index (χ0n) is 9.12. The molecule has 0 bridgehead atoms. The summed E-state index contributed by atoms with van der Waals surface area (Å²) in [5.74, 6) is -0.731. The first-order valence-electron chi connectivity index (χ1n) is 4.89. The Morgan fingerprint density at radius 3 is 2.88 bits per heavy atom. The molecule has 0 spiro atoms. The van der Waals surface area contributed by atoms with Crippen molar-refractivity contribution < 1.29 is 18.0 Å². The molecule has 17 heavy (non-hydrogen) atoms. The minimum Gasteiger partial charge on any atom is -0.346 e. The summed E-state index contributed by atoms with van der Waals surface area (Å²) in [5, 5.41) is 2.42. The van der Waals surface area contributed by atoms with Gasteiger partial charge in [-0.25, -0.2) is 4.98 Å². The van der Waals surface area contributed by atoms with E-state index in [2.05, 4.69) is 4.98 Å². The van der Waals surface area contributed by atoms with Crippen molar-refractivity contribution in [1.82, 2.24) is 14.9 Å². The van der Waals surface area contributed by atoms with E-state index >= 15 is 0 Å². The number of carbonyl (C=O) groups excluding carboxylic acids is 1. The van der Waals surface area contributed by atoms with E-state index < -0.39 is 18.6 Å². The highest BCUT2D eigenvalue weighted by Gasteiger charge is 2.27. The predicted molar refractivity (Wildman–Crippen MR) is 57.7 cm³/mol.